The van der Waals surface area contributed by atoms with Gasteiger partial charge >= 0.3 is 0 Å². The number of oxazole rings is 1. The van der Waals surface area contributed by atoms with E-state index in [1.807, 2.05) is 4.90 Å². The van der Waals surface area contributed by atoms with Gasteiger partial charge in [0.05, 0.1) is 0 Å². The van der Waals surface area contributed by atoms with Gasteiger partial charge in [0, 0.05) is 32.2 Å². The van der Waals surface area contributed by atoms with Crippen LogP contribution in [0.25, 0.3) is 0 Å². The van der Waals surface area contributed by atoms with Crippen molar-refractivity contribution in [2.24, 2.45) is 5.41 Å². The number of rotatable bonds is 2. The fraction of sp³-hybridized carbons (Fsp3) is 0.778. The number of hydrogen-bond donors (Lipinski definition) is 0. The van der Waals surface area contributed by atoms with Crippen LogP contribution in [0.15, 0.2) is 10.7 Å². The molecule has 23 heavy (non-hydrogen) atoms. The highest BCUT2D eigenvalue weighted by molar-refractivity contribution is 5.92. The Hall–Kier alpha value is -1.36. The molecule has 126 valence electrons. The first-order valence-electron chi connectivity index (χ1n) is 9.08. The highest BCUT2D eigenvalue weighted by atomic mass is 16.5. The average Bonchev–Trinajstić information content (AvgIpc) is 3.24. The largest absolute Gasteiger partial charge is 0.448 e. The molecule has 1 aliphatic carbocycles. The van der Waals surface area contributed by atoms with E-state index in [0.717, 1.165) is 45.6 Å². The van der Waals surface area contributed by atoms with Crippen LogP contribution in [0.3, 0.4) is 0 Å². The Morgan fingerprint density at radius 1 is 1.17 bits per heavy atom. The smallest absolute Gasteiger partial charge is 0.275 e. The van der Waals surface area contributed by atoms with Gasteiger partial charge in [0.25, 0.3) is 5.91 Å². The van der Waals surface area contributed by atoms with E-state index < -0.39 is 0 Å². The van der Waals surface area contributed by atoms with Gasteiger partial charge in [-0.1, -0.05) is 19.3 Å². The minimum atomic E-state index is 0.0505. The molecule has 1 aromatic heterocycles. The minimum absolute atomic E-state index is 0.0505. The molecule has 1 amide bonds. The molecule has 0 atom stereocenters. The fourth-order valence-corrected chi connectivity index (χ4v) is 4.50. The van der Waals surface area contributed by atoms with Crippen molar-refractivity contribution >= 4 is 5.91 Å². The van der Waals surface area contributed by atoms with Crippen molar-refractivity contribution in [3.63, 3.8) is 0 Å². The summed E-state index contributed by atoms with van der Waals surface area (Å²) >= 11 is 0. The Balaban J connectivity index is 1.42. The first-order valence-corrected chi connectivity index (χ1v) is 9.08. The second kappa shape index (κ2) is 6.27. The van der Waals surface area contributed by atoms with E-state index in [2.05, 4.69) is 4.98 Å². The van der Waals surface area contributed by atoms with Crippen molar-refractivity contribution in [1.82, 2.24) is 9.88 Å². The number of ether oxygens (including phenoxy) is 1. The van der Waals surface area contributed by atoms with Gasteiger partial charge in [0.15, 0.2) is 11.6 Å². The van der Waals surface area contributed by atoms with E-state index in [4.69, 9.17) is 9.15 Å². The molecule has 0 bridgehead atoms. The van der Waals surface area contributed by atoms with E-state index in [9.17, 15) is 4.79 Å². The molecule has 0 aromatic carbocycles. The number of aromatic nitrogens is 1. The van der Waals surface area contributed by atoms with E-state index in [0.29, 0.717) is 22.9 Å². The lowest BCUT2D eigenvalue weighted by atomic mass is 9.73. The maximum atomic E-state index is 12.7. The third-order valence-electron chi connectivity index (χ3n) is 5.95. The summed E-state index contributed by atoms with van der Waals surface area (Å²) < 4.78 is 11.0. The van der Waals surface area contributed by atoms with Crippen molar-refractivity contribution < 1.29 is 13.9 Å². The maximum Gasteiger partial charge on any atom is 0.275 e. The summed E-state index contributed by atoms with van der Waals surface area (Å²) in [6.07, 6.45) is 11.1. The van der Waals surface area contributed by atoms with Crippen molar-refractivity contribution in [2.75, 3.05) is 26.3 Å². The molecule has 5 nitrogen and oxygen atoms in total. The normalized spacial score (nSPS) is 25.1. The summed E-state index contributed by atoms with van der Waals surface area (Å²) in [5.41, 5.74) is 0.876. The lowest BCUT2D eigenvalue weighted by molar-refractivity contribution is 0.0752. The van der Waals surface area contributed by atoms with Gasteiger partial charge in [0.1, 0.15) is 6.26 Å². The SMILES string of the molecule is O=C(c1coc(C2CCOCC2)n1)N1CCC2(CCCCC2)C1. The molecule has 2 saturated heterocycles. The van der Waals surface area contributed by atoms with Crippen molar-refractivity contribution in [1.29, 1.82) is 0 Å². The Morgan fingerprint density at radius 2 is 1.96 bits per heavy atom. The van der Waals surface area contributed by atoms with Gasteiger partial charge < -0.3 is 14.1 Å². The number of carbonyl (C=O) groups is 1. The molecule has 2 aliphatic heterocycles. The Morgan fingerprint density at radius 3 is 2.74 bits per heavy atom. The van der Waals surface area contributed by atoms with E-state index in [-0.39, 0.29) is 5.91 Å². The highest BCUT2D eigenvalue weighted by Crippen LogP contribution is 2.44. The number of nitrogens with zero attached hydrogens (tertiary/aromatic N) is 2. The number of carbonyl (C=O) groups excluding carboxylic acids is 1. The second-order valence-electron chi connectivity index (χ2n) is 7.49. The van der Waals surface area contributed by atoms with Gasteiger partial charge in [-0.15, -0.1) is 0 Å². The summed E-state index contributed by atoms with van der Waals surface area (Å²) in [6, 6.07) is 0. The highest BCUT2D eigenvalue weighted by Gasteiger charge is 2.41. The van der Waals surface area contributed by atoms with Crippen LogP contribution < -0.4 is 0 Å². The quantitative estimate of drug-likeness (QED) is 0.839. The van der Waals surface area contributed by atoms with Crippen molar-refractivity contribution in [3.05, 3.63) is 17.8 Å². The van der Waals surface area contributed by atoms with Crippen LogP contribution >= 0.6 is 0 Å². The lowest BCUT2D eigenvalue weighted by Gasteiger charge is -2.33. The second-order valence-corrected chi connectivity index (χ2v) is 7.49. The third-order valence-corrected chi connectivity index (χ3v) is 5.95. The van der Waals surface area contributed by atoms with Crippen molar-refractivity contribution in [3.8, 4) is 0 Å². The summed E-state index contributed by atoms with van der Waals surface area (Å²) in [6.45, 7) is 3.29. The van der Waals surface area contributed by atoms with Crippen LogP contribution in [0, 0.1) is 5.41 Å². The number of hydrogen-bond acceptors (Lipinski definition) is 4. The molecule has 0 N–H and O–H groups in total. The van der Waals surface area contributed by atoms with Crippen LogP contribution in [0.2, 0.25) is 0 Å². The monoisotopic (exact) mass is 318 g/mol. The Bertz CT molecular complexity index is 556. The standard InChI is InChI=1S/C18H26N2O3/c21-17(20-9-8-18(13-20)6-2-1-3-7-18)15-12-23-16(19-15)14-4-10-22-11-5-14/h12,14H,1-11,13H2. The molecular formula is C18H26N2O3. The molecular weight excluding hydrogens is 292 g/mol. The summed E-state index contributed by atoms with van der Waals surface area (Å²) in [5, 5.41) is 0. The van der Waals surface area contributed by atoms with Gasteiger partial charge in [-0.3, -0.25) is 4.79 Å². The summed E-state index contributed by atoms with van der Waals surface area (Å²) in [7, 11) is 0. The maximum absolute atomic E-state index is 12.7. The molecule has 4 rings (SSSR count). The average molecular weight is 318 g/mol. The number of likely N-dealkylation sites (tertiary alicyclic amines) is 1. The number of amides is 1. The Labute approximate surface area is 137 Å². The molecule has 3 fully saturated rings. The zero-order valence-corrected chi connectivity index (χ0v) is 13.8. The molecule has 0 unspecified atom stereocenters. The predicted molar refractivity (Wildman–Crippen MR) is 85.3 cm³/mol. The molecule has 3 aliphatic rings. The molecule has 1 aromatic rings. The predicted octanol–water partition coefficient (Wildman–Crippen LogP) is 3.37. The third kappa shape index (κ3) is 3.03. The zero-order valence-electron chi connectivity index (χ0n) is 13.8. The van der Waals surface area contributed by atoms with Crippen LogP contribution in [0.4, 0.5) is 0 Å². The molecule has 0 radical (unpaired) electrons. The van der Waals surface area contributed by atoms with E-state index in [1.165, 1.54) is 32.1 Å². The molecule has 5 heteroatoms. The van der Waals surface area contributed by atoms with Gasteiger partial charge in [0.2, 0.25) is 0 Å². The molecule has 1 saturated carbocycles. The van der Waals surface area contributed by atoms with Crippen molar-refractivity contribution in [2.45, 2.75) is 57.3 Å². The van der Waals surface area contributed by atoms with Gasteiger partial charge in [-0.25, -0.2) is 4.98 Å². The topological polar surface area (TPSA) is 55.6 Å². The summed E-state index contributed by atoms with van der Waals surface area (Å²) in [4.78, 5) is 19.2. The first-order chi connectivity index (χ1) is 11.3. The van der Waals surface area contributed by atoms with Gasteiger partial charge in [-0.05, 0) is 37.5 Å². The first kappa shape index (κ1) is 15.2. The summed E-state index contributed by atoms with van der Waals surface area (Å²) in [5.74, 6) is 1.06. The lowest BCUT2D eigenvalue weighted by Crippen LogP contribution is -2.33. The van der Waals surface area contributed by atoms with Crippen LogP contribution in [-0.2, 0) is 4.74 Å². The minimum Gasteiger partial charge on any atom is -0.448 e. The zero-order chi connectivity index (χ0) is 15.7. The van der Waals surface area contributed by atoms with Crippen LogP contribution in [0.1, 0.15) is 73.7 Å². The van der Waals surface area contributed by atoms with E-state index in [1.54, 1.807) is 6.26 Å². The Kier molecular flexibility index (Phi) is 4.14. The van der Waals surface area contributed by atoms with E-state index >= 15 is 0 Å². The van der Waals surface area contributed by atoms with Crippen LogP contribution in [-0.4, -0.2) is 42.1 Å². The molecule has 1 spiro atoms. The van der Waals surface area contributed by atoms with Crippen LogP contribution in [0.5, 0.6) is 0 Å². The molecule has 3 heterocycles. The van der Waals surface area contributed by atoms with Gasteiger partial charge in [-0.2, -0.15) is 0 Å². The fourth-order valence-electron chi connectivity index (χ4n) is 4.50.